The number of hydrogen-bond acceptors (Lipinski definition) is 17. The number of amides is 1. The van der Waals surface area contributed by atoms with Crippen LogP contribution in [0.2, 0.25) is 0 Å². The number of esters is 1. The van der Waals surface area contributed by atoms with E-state index in [0.29, 0.717) is 13.1 Å². The number of cyclic esters (lactones) is 1. The summed E-state index contributed by atoms with van der Waals surface area (Å²) in [5.41, 5.74) is -7.98. The molecule has 20 nitrogen and oxygen atoms in total. The third-order valence-electron chi connectivity index (χ3n) is 14.9. The summed E-state index contributed by atoms with van der Waals surface area (Å²) in [7, 11) is -1.94. The number of aliphatic hydroxyl groups is 5. The Labute approximate surface area is 422 Å². The Hall–Kier alpha value is -2.82. The van der Waals surface area contributed by atoms with Crippen LogP contribution in [0.1, 0.15) is 107 Å². The van der Waals surface area contributed by atoms with Gasteiger partial charge in [0, 0.05) is 64.8 Å². The van der Waals surface area contributed by atoms with Crippen LogP contribution in [0.4, 0.5) is 18.9 Å². The lowest BCUT2D eigenvalue weighted by Gasteiger charge is -2.53. The maximum atomic E-state index is 14.5. The molecule has 72 heavy (non-hydrogen) atoms. The molecule has 416 valence electrons. The van der Waals surface area contributed by atoms with Crippen LogP contribution in [-0.2, 0) is 54.4 Å². The molecule has 0 spiro atoms. The second kappa shape index (κ2) is 24.5. The first-order valence-electron chi connectivity index (χ1n) is 24.7. The summed E-state index contributed by atoms with van der Waals surface area (Å²) < 4.78 is 109. The average molecular weight is 1060 g/mol. The fourth-order valence-corrected chi connectivity index (χ4v) is 11.5. The van der Waals surface area contributed by atoms with Crippen molar-refractivity contribution in [1.82, 2.24) is 20.3 Å². The van der Waals surface area contributed by atoms with E-state index in [1.165, 1.54) is 41.9 Å². The number of hydrogen-bond donors (Lipinski definition) is 9. The number of likely N-dealkylation sites (N-methyl/N-ethyl adjacent to an activating group) is 1. The highest BCUT2D eigenvalue weighted by Crippen LogP contribution is 2.43. The molecule has 3 aliphatic rings. The van der Waals surface area contributed by atoms with Gasteiger partial charge in [-0.1, -0.05) is 20.8 Å². The van der Waals surface area contributed by atoms with Crippen molar-refractivity contribution in [2.45, 2.75) is 198 Å². The topological polar surface area (TPSA) is 276 Å². The van der Waals surface area contributed by atoms with E-state index >= 15 is 0 Å². The number of anilines is 1. The summed E-state index contributed by atoms with van der Waals surface area (Å²) in [5, 5.41) is 69.3. The number of halogens is 3. The minimum atomic E-state index is -4.65. The van der Waals surface area contributed by atoms with Gasteiger partial charge in [0.25, 0.3) is 0 Å². The molecule has 1 amide bonds. The number of nitrogens with zero attached hydrogens (tertiary/aromatic N) is 1. The summed E-state index contributed by atoms with van der Waals surface area (Å²) in [6.07, 6.45) is -16.4. The molecular weight excluding hydrogens is 976 g/mol. The van der Waals surface area contributed by atoms with E-state index in [2.05, 4.69) is 20.7 Å². The molecule has 0 aliphatic carbocycles. The van der Waals surface area contributed by atoms with Crippen molar-refractivity contribution in [2.24, 2.45) is 17.8 Å². The number of ether oxygens (including phenoxy) is 6. The van der Waals surface area contributed by atoms with Gasteiger partial charge in [-0.15, -0.1) is 0 Å². The molecule has 24 heteroatoms. The van der Waals surface area contributed by atoms with Gasteiger partial charge in [-0.05, 0) is 104 Å². The molecule has 3 heterocycles. The van der Waals surface area contributed by atoms with Gasteiger partial charge in [-0.2, -0.15) is 25.9 Å². The van der Waals surface area contributed by atoms with Gasteiger partial charge in [-0.25, -0.2) is 0 Å². The van der Waals surface area contributed by atoms with Gasteiger partial charge in [0.2, 0.25) is 5.91 Å². The molecule has 0 unspecified atom stereocenters. The molecule has 0 saturated carbocycles. The molecular formula is C48H82F3N5O15S. The van der Waals surface area contributed by atoms with Gasteiger partial charge in [0.15, 0.2) is 12.6 Å². The first kappa shape index (κ1) is 61.7. The van der Waals surface area contributed by atoms with Crippen LogP contribution in [0, 0.1) is 17.8 Å². The number of benzene rings is 1. The van der Waals surface area contributed by atoms with Crippen molar-refractivity contribution >= 4 is 27.8 Å². The normalized spacial score (nSPS) is 40.2. The Kier molecular flexibility index (Phi) is 21.0. The van der Waals surface area contributed by atoms with Crippen molar-refractivity contribution in [1.29, 1.82) is 0 Å². The fourth-order valence-electron chi connectivity index (χ4n) is 10.3. The van der Waals surface area contributed by atoms with E-state index in [0.717, 1.165) is 28.6 Å². The summed E-state index contributed by atoms with van der Waals surface area (Å²) >= 11 is 0. The van der Waals surface area contributed by atoms with Crippen molar-refractivity contribution < 1.29 is 85.1 Å². The van der Waals surface area contributed by atoms with Crippen LogP contribution in [0.15, 0.2) is 24.3 Å². The number of methoxy groups -OCH3 is 1. The SMILES string of the molecule is CC[C@H]1OC(=O)[C@H](C)[C@@H](O[C@H]2C[C@@](C)(OC)[C@](O)(CNCCNC(C)=O)[C@H](C)O2)[C@H](C)[C@@H](O[C@@H]2O[C@H](C)C[C@H](N(C)S(=O)(=O)Nc3ccc(C(F)(F)F)cc3)[C@H]2O)[C@](C)(O)C[C@@H](C)CN[C@H](C)[C@@H](O)[C@]1(C)O. The van der Waals surface area contributed by atoms with Crippen LogP contribution in [0.25, 0.3) is 0 Å². The summed E-state index contributed by atoms with van der Waals surface area (Å²) in [5.74, 6) is -3.75. The van der Waals surface area contributed by atoms with Crippen LogP contribution < -0.4 is 20.7 Å². The van der Waals surface area contributed by atoms with Gasteiger partial charge in [0.05, 0.1) is 47.5 Å². The zero-order valence-electron chi connectivity index (χ0n) is 43.9. The standard InChI is InChI=1S/C48H82F3N5O15S/c1-14-36-46(11,62)40(59)30(6)54-24-26(2)22-44(9,61)41(71-43-38(58)35(21-27(3)67-43)56(12)72(64,65)55-34-17-15-33(16-18-34)48(49,50)51)28(4)39(29(5)42(60)69-36)70-37-23-45(10,66-13)47(63,31(7)68-37)25-52-19-20-53-32(8)57/h15-18,26-31,35-41,43,52,54-55,58-59,61-63H,14,19-25H2,1-13H3,(H,53,57)/t26-,27-,28+,29-,30-,31+,35+,36-,37+,38-,39+,40-,41-,43+,44-,45-,46-,47+/m1/s1. The predicted octanol–water partition coefficient (Wildman–Crippen LogP) is 2.40. The monoisotopic (exact) mass is 1060 g/mol. The third-order valence-corrected chi connectivity index (χ3v) is 16.4. The second-order valence-electron chi connectivity index (χ2n) is 20.9. The number of carbonyl (C=O) groups excluding carboxylic acids is 2. The third kappa shape index (κ3) is 14.6. The molecule has 1 aromatic rings. The number of nitrogens with one attached hydrogen (secondary N) is 4. The van der Waals surface area contributed by atoms with Gasteiger partial charge >= 0.3 is 22.4 Å². The molecule has 1 aromatic carbocycles. The minimum Gasteiger partial charge on any atom is -0.459 e. The van der Waals surface area contributed by atoms with E-state index < -0.39 is 130 Å². The zero-order valence-corrected chi connectivity index (χ0v) is 44.7. The summed E-state index contributed by atoms with van der Waals surface area (Å²) in [6, 6.07) is 1.41. The van der Waals surface area contributed by atoms with Crippen LogP contribution >= 0.6 is 0 Å². The molecule has 0 bridgehead atoms. The maximum Gasteiger partial charge on any atom is 0.416 e. The Bertz CT molecular complexity index is 2040. The van der Waals surface area contributed by atoms with E-state index in [-0.39, 0.29) is 56.3 Å². The molecule has 3 fully saturated rings. The van der Waals surface area contributed by atoms with Crippen molar-refractivity contribution in [3.05, 3.63) is 29.8 Å². The molecule has 3 saturated heterocycles. The first-order chi connectivity index (χ1) is 33.1. The lowest BCUT2D eigenvalue weighted by Crippen LogP contribution is -2.70. The van der Waals surface area contributed by atoms with Crippen LogP contribution in [0.5, 0.6) is 0 Å². The summed E-state index contributed by atoms with van der Waals surface area (Å²) in [4.78, 5) is 26.0. The maximum absolute atomic E-state index is 14.5. The Morgan fingerprint density at radius 1 is 0.972 bits per heavy atom. The molecule has 0 aromatic heterocycles. The fraction of sp³-hybridized carbons (Fsp3) is 0.833. The van der Waals surface area contributed by atoms with Crippen molar-refractivity contribution in [3.63, 3.8) is 0 Å². The highest BCUT2D eigenvalue weighted by atomic mass is 32.2. The molecule has 9 N–H and O–H groups in total. The number of rotatable bonds is 15. The highest BCUT2D eigenvalue weighted by Gasteiger charge is 2.58. The number of carbonyl (C=O) groups is 2. The van der Waals surface area contributed by atoms with E-state index in [1.54, 1.807) is 41.5 Å². The largest absolute Gasteiger partial charge is 0.459 e. The van der Waals surface area contributed by atoms with Crippen LogP contribution in [-0.4, -0.2) is 180 Å². The Morgan fingerprint density at radius 2 is 1.60 bits per heavy atom. The quantitative estimate of drug-likeness (QED) is 0.0901. The van der Waals surface area contributed by atoms with E-state index in [1.807, 2.05) is 6.92 Å². The number of alkyl halides is 3. The average Bonchev–Trinajstić information content (AvgIpc) is 3.28. The van der Waals surface area contributed by atoms with E-state index in [9.17, 15) is 56.7 Å². The van der Waals surface area contributed by atoms with Crippen molar-refractivity contribution in [3.8, 4) is 0 Å². The lowest BCUT2D eigenvalue weighted by atomic mass is 9.75. The first-order valence-corrected chi connectivity index (χ1v) is 26.1. The molecule has 18 atom stereocenters. The predicted molar refractivity (Wildman–Crippen MR) is 258 cm³/mol. The highest BCUT2D eigenvalue weighted by molar-refractivity contribution is 7.90. The lowest BCUT2D eigenvalue weighted by molar-refractivity contribution is -0.336. The molecule has 0 radical (unpaired) electrons. The van der Waals surface area contributed by atoms with Gasteiger partial charge in [-0.3, -0.25) is 14.3 Å². The molecule has 3 aliphatic heterocycles. The Morgan fingerprint density at radius 3 is 2.17 bits per heavy atom. The van der Waals surface area contributed by atoms with Gasteiger partial charge in [0.1, 0.15) is 35.1 Å². The van der Waals surface area contributed by atoms with E-state index in [4.69, 9.17) is 28.4 Å². The Balaban J connectivity index is 1.77. The molecule has 4 rings (SSSR count). The number of aliphatic hydroxyl groups excluding tert-OH is 2. The van der Waals surface area contributed by atoms with Crippen LogP contribution in [0.3, 0.4) is 0 Å². The van der Waals surface area contributed by atoms with Crippen molar-refractivity contribution in [2.75, 3.05) is 45.1 Å². The minimum absolute atomic E-state index is 0.00878. The van der Waals surface area contributed by atoms with Gasteiger partial charge < -0.3 is 69.9 Å². The zero-order chi connectivity index (χ0) is 54.5. The second-order valence-corrected chi connectivity index (χ2v) is 22.6. The smallest absolute Gasteiger partial charge is 0.416 e. The summed E-state index contributed by atoms with van der Waals surface area (Å²) in [6.45, 7) is 18.3.